The molecule has 0 unspecified atom stereocenters. The molecule has 1 rings (SSSR count). The molecule has 1 aromatic rings. The van der Waals surface area contributed by atoms with Crippen LogP contribution in [0.3, 0.4) is 0 Å². The summed E-state index contributed by atoms with van der Waals surface area (Å²) in [7, 11) is 0. The standard InChI is InChI=1S/C10H11NO4/c1-2-15-11-9(10(13)14)7-4-3-5-8(12)6-7/h3-6,12H,2H2,1H3,(H,13,14)/b11-9-. The molecule has 5 nitrogen and oxygen atoms in total. The normalized spacial score (nSPS) is 11.1. The van der Waals surface area contributed by atoms with Gasteiger partial charge in [-0.3, -0.25) is 0 Å². The van der Waals surface area contributed by atoms with Crippen LogP contribution >= 0.6 is 0 Å². The zero-order valence-corrected chi connectivity index (χ0v) is 8.17. The Morgan fingerprint density at radius 1 is 1.53 bits per heavy atom. The number of carboxylic acid groups (broad SMARTS) is 1. The fraction of sp³-hybridized carbons (Fsp3) is 0.200. The van der Waals surface area contributed by atoms with Gasteiger partial charge in [0.2, 0.25) is 0 Å². The third-order valence-electron chi connectivity index (χ3n) is 1.61. The van der Waals surface area contributed by atoms with Gasteiger partial charge in [-0.25, -0.2) is 4.79 Å². The SMILES string of the molecule is CCO/N=C(\C(=O)O)c1cccc(O)c1. The van der Waals surface area contributed by atoms with E-state index < -0.39 is 5.97 Å². The van der Waals surface area contributed by atoms with Crippen molar-refractivity contribution >= 4 is 11.7 Å². The van der Waals surface area contributed by atoms with Crippen molar-refractivity contribution in [2.45, 2.75) is 6.92 Å². The lowest BCUT2D eigenvalue weighted by Crippen LogP contribution is -2.15. The number of phenolic OH excluding ortho intramolecular Hbond substituents is 1. The number of aliphatic carboxylic acids is 1. The summed E-state index contributed by atoms with van der Waals surface area (Å²) < 4.78 is 0. The summed E-state index contributed by atoms with van der Waals surface area (Å²) in [6, 6.07) is 5.83. The van der Waals surface area contributed by atoms with E-state index in [1.807, 2.05) is 0 Å². The van der Waals surface area contributed by atoms with E-state index in [1.165, 1.54) is 24.3 Å². The fourth-order valence-corrected chi connectivity index (χ4v) is 0.998. The lowest BCUT2D eigenvalue weighted by Gasteiger charge is -2.01. The van der Waals surface area contributed by atoms with Gasteiger partial charge in [0.15, 0.2) is 5.71 Å². The van der Waals surface area contributed by atoms with Crippen molar-refractivity contribution in [3.05, 3.63) is 29.8 Å². The Balaban J connectivity index is 3.04. The average Bonchev–Trinajstić information content (AvgIpc) is 2.18. The van der Waals surface area contributed by atoms with Gasteiger partial charge >= 0.3 is 5.97 Å². The van der Waals surface area contributed by atoms with Crippen LogP contribution in [0.1, 0.15) is 12.5 Å². The second-order valence-corrected chi connectivity index (χ2v) is 2.71. The van der Waals surface area contributed by atoms with E-state index in [9.17, 15) is 9.90 Å². The summed E-state index contributed by atoms with van der Waals surface area (Å²) in [6.07, 6.45) is 0. The monoisotopic (exact) mass is 209 g/mol. The van der Waals surface area contributed by atoms with Crippen LogP contribution in [-0.4, -0.2) is 28.5 Å². The van der Waals surface area contributed by atoms with Crippen molar-refractivity contribution in [1.82, 2.24) is 0 Å². The van der Waals surface area contributed by atoms with Crippen LogP contribution in [0.2, 0.25) is 0 Å². The Bertz CT molecular complexity index is 387. The van der Waals surface area contributed by atoms with Crippen LogP contribution in [-0.2, 0) is 9.63 Å². The fourth-order valence-electron chi connectivity index (χ4n) is 0.998. The summed E-state index contributed by atoms with van der Waals surface area (Å²) >= 11 is 0. The second-order valence-electron chi connectivity index (χ2n) is 2.71. The zero-order valence-electron chi connectivity index (χ0n) is 8.17. The summed E-state index contributed by atoms with van der Waals surface area (Å²) in [6.45, 7) is 1.99. The number of hydrogen-bond acceptors (Lipinski definition) is 4. The maximum Gasteiger partial charge on any atom is 0.358 e. The summed E-state index contributed by atoms with van der Waals surface area (Å²) in [5.74, 6) is -1.22. The minimum atomic E-state index is -1.20. The molecule has 0 fully saturated rings. The largest absolute Gasteiger partial charge is 0.508 e. The van der Waals surface area contributed by atoms with E-state index in [4.69, 9.17) is 5.11 Å². The molecule has 0 heterocycles. The van der Waals surface area contributed by atoms with E-state index in [0.29, 0.717) is 5.56 Å². The van der Waals surface area contributed by atoms with Crippen molar-refractivity contribution in [3.63, 3.8) is 0 Å². The third-order valence-corrected chi connectivity index (χ3v) is 1.61. The Labute approximate surface area is 86.6 Å². The van der Waals surface area contributed by atoms with Gasteiger partial charge in [0, 0.05) is 5.56 Å². The molecular weight excluding hydrogens is 198 g/mol. The molecule has 0 spiro atoms. The number of rotatable bonds is 4. The lowest BCUT2D eigenvalue weighted by atomic mass is 10.1. The van der Waals surface area contributed by atoms with Crippen LogP contribution < -0.4 is 0 Å². The smallest absolute Gasteiger partial charge is 0.358 e. The molecule has 0 aromatic heterocycles. The van der Waals surface area contributed by atoms with Crippen LogP contribution in [0.25, 0.3) is 0 Å². The summed E-state index contributed by atoms with van der Waals surface area (Å²) in [5, 5.41) is 21.5. The second kappa shape index (κ2) is 4.99. The van der Waals surface area contributed by atoms with E-state index >= 15 is 0 Å². The van der Waals surface area contributed by atoms with Crippen molar-refractivity contribution < 1.29 is 19.8 Å². The van der Waals surface area contributed by atoms with Gasteiger partial charge < -0.3 is 15.1 Å². The van der Waals surface area contributed by atoms with Crippen LogP contribution in [0.15, 0.2) is 29.4 Å². The van der Waals surface area contributed by atoms with E-state index in [0.717, 1.165) is 0 Å². The molecule has 0 atom stereocenters. The topological polar surface area (TPSA) is 79.1 Å². The first kappa shape index (κ1) is 11.0. The maximum atomic E-state index is 10.8. The summed E-state index contributed by atoms with van der Waals surface area (Å²) in [4.78, 5) is 15.5. The molecule has 80 valence electrons. The predicted octanol–water partition coefficient (Wildman–Crippen LogP) is 1.22. The zero-order chi connectivity index (χ0) is 11.3. The van der Waals surface area contributed by atoms with Crippen molar-refractivity contribution in [2.24, 2.45) is 5.16 Å². The van der Waals surface area contributed by atoms with Crippen molar-refractivity contribution in [1.29, 1.82) is 0 Å². The van der Waals surface area contributed by atoms with Gasteiger partial charge in [-0.2, -0.15) is 0 Å². The molecule has 0 radical (unpaired) electrons. The Morgan fingerprint density at radius 2 is 2.27 bits per heavy atom. The molecule has 0 bridgehead atoms. The molecule has 0 saturated carbocycles. The van der Waals surface area contributed by atoms with E-state index in [2.05, 4.69) is 9.99 Å². The molecule has 1 aromatic carbocycles. The number of hydrogen-bond donors (Lipinski definition) is 2. The Morgan fingerprint density at radius 3 is 2.80 bits per heavy atom. The molecule has 0 aliphatic heterocycles. The molecule has 0 aliphatic rings. The van der Waals surface area contributed by atoms with Crippen LogP contribution in [0.4, 0.5) is 0 Å². The molecule has 0 saturated heterocycles. The summed E-state index contributed by atoms with van der Waals surface area (Å²) in [5.41, 5.74) is 0.0729. The Hall–Kier alpha value is -2.04. The number of aromatic hydroxyl groups is 1. The molecular formula is C10H11NO4. The minimum Gasteiger partial charge on any atom is -0.508 e. The van der Waals surface area contributed by atoms with E-state index in [1.54, 1.807) is 6.92 Å². The molecule has 2 N–H and O–H groups in total. The number of carbonyl (C=O) groups is 1. The Kier molecular flexibility index (Phi) is 3.68. The van der Waals surface area contributed by atoms with Gasteiger partial charge in [-0.05, 0) is 19.1 Å². The number of phenols is 1. The predicted molar refractivity (Wildman–Crippen MR) is 53.9 cm³/mol. The maximum absolute atomic E-state index is 10.8. The van der Waals surface area contributed by atoms with Crippen LogP contribution in [0, 0.1) is 0 Å². The number of carboxylic acids is 1. The first-order chi connectivity index (χ1) is 7.15. The quantitative estimate of drug-likeness (QED) is 0.577. The molecule has 0 amide bonds. The van der Waals surface area contributed by atoms with Crippen molar-refractivity contribution in [3.8, 4) is 5.75 Å². The van der Waals surface area contributed by atoms with Gasteiger partial charge in [-0.1, -0.05) is 17.3 Å². The highest BCUT2D eigenvalue weighted by atomic mass is 16.6. The highest BCUT2D eigenvalue weighted by Gasteiger charge is 2.13. The number of nitrogens with zero attached hydrogens (tertiary/aromatic N) is 1. The highest BCUT2D eigenvalue weighted by molar-refractivity contribution is 6.42. The average molecular weight is 209 g/mol. The van der Waals surface area contributed by atoms with Gasteiger partial charge in [0.1, 0.15) is 12.4 Å². The molecule has 0 aliphatic carbocycles. The molecule has 15 heavy (non-hydrogen) atoms. The van der Waals surface area contributed by atoms with Gasteiger partial charge in [0.25, 0.3) is 0 Å². The van der Waals surface area contributed by atoms with Crippen molar-refractivity contribution in [2.75, 3.05) is 6.61 Å². The first-order valence-electron chi connectivity index (χ1n) is 4.37. The minimum absolute atomic E-state index is 0.0158. The van der Waals surface area contributed by atoms with E-state index in [-0.39, 0.29) is 18.1 Å². The highest BCUT2D eigenvalue weighted by Crippen LogP contribution is 2.12. The third kappa shape index (κ3) is 2.98. The van der Waals surface area contributed by atoms with Gasteiger partial charge in [0.05, 0.1) is 0 Å². The number of benzene rings is 1. The first-order valence-corrected chi connectivity index (χ1v) is 4.37. The van der Waals surface area contributed by atoms with Gasteiger partial charge in [-0.15, -0.1) is 0 Å². The molecule has 5 heteroatoms. The number of oxime groups is 1. The van der Waals surface area contributed by atoms with Crippen LogP contribution in [0.5, 0.6) is 5.75 Å². The lowest BCUT2D eigenvalue weighted by molar-refractivity contribution is -0.129.